The maximum Gasteiger partial charge on any atom is 0.311 e. The molecule has 1 N–H and O–H groups in total. The Morgan fingerprint density at radius 3 is 2.55 bits per heavy atom. The standard InChI is InChI=1S/C15H24N2O3/c1-11(2)6-5-7-12(3)16-13-8-9-14(17(18)19)15(10-13)20-4/h8-12,16H,5-7H2,1-4H3. The first-order chi connectivity index (χ1) is 9.43. The largest absolute Gasteiger partial charge is 0.490 e. The van der Waals surface area contributed by atoms with Crippen LogP contribution in [0.5, 0.6) is 5.75 Å². The third-order valence-corrected chi connectivity index (χ3v) is 3.21. The lowest BCUT2D eigenvalue weighted by atomic mass is 10.0. The fourth-order valence-electron chi connectivity index (χ4n) is 2.11. The highest BCUT2D eigenvalue weighted by Gasteiger charge is 2.15. The van der Waals surface area contributed by atoms with Gasteiger partial charge in [-0.2, -0.15) is 0 Å². The second-order valence-electron chi connectivity index (χ2n) is 5.51. The van der Waals surface area contributed by atoms with Crippen molar-refractivity contribution in [3.63, 3.8) is 0 Å². The van der Waals surface area contributed by atoms with Crippen LogP contribution in [0.25, 0.3) is 0 Å². The molecule has 0 aliphatic rings. The number of nitrogens with one attached hydrogen (secondary N) is 1. The topological polar surface area (TPSA) is 64.4 Å². The smallest absolute Gasteiger partial charge is 0.311 e. The third kappa shape index (κ3) is 5.07. The molecule has 5 nitrogen and oxygen atoms in total. The van der Waals surface area contributed by atoms with E-state index in [4.69, 9.17) is 4.74 Å². The van der Waals surface area contributed by atoms with E-state index in [-0.39, 0.29) is 11.4 Å². The maximum atomic E-state index is 10.8. The van der Waals surface area contributed by atoms with E-state index in [1.165, 1.54) is 26.0 Å². The second-order valence-corrected chi connectivity index (χ2v) is 5.51. The molecule has 1 atom stereocenters. The molecular formula is C15H24N2O3. The molecule has 0 amide bonds. The van der Waals surface area contributed by atoms with Crippen LogP contribution in [-0.2, 0) is 0 Å². The summed E-state index contributed by atoms with van der Waals surface area (Å²) in [6.07, 6.45) is 3.48. The monoisotopic (exact) mass is 280 g/mol. The van der Waals surface area contributed by atoms with Crippen LogP contribution in [0.15, 0.2) is 18.2 Å². The van der Waals surface area contributed by atoms with Crippen molar-refractivity contribution in [3.8, 4) is 5.75 Å². The molecule has 0 aliphatic heterocycles. The van der Waals surface area contributed by atoms with E-state index in [1.54, 1.807) is 12.1 Å². The molecule has 1 aromatic rings. The Hall–Kier alpha value is -1.78. The van der Waals surface area contributed by atoms with Crippen molar-refractivity contribution in [3.05, 3.63) is 28.3 Å². The number of hydrogen-bond acceptors (Lipinski definition) is 4. The molecule has 0 aliphatic carbocycles. The average Bonchev–Trinajstić information content (AvgIpc) is 2.37. The number of nitro benzene ring substituents is 1. The predicted octanol–water partition coefficient (Wildman–Crippen LogP) is 4.23. The van der Waals surface area contributed by atoms with Crippen molar-refractivity contribution in [2.24, 2.45) is 5.92 Å². The number of rotatable bonds is 8. The van der Waals surface area contributed by atoms with Gasteiger partial charge < -0.3 is 10.1 Å². The van der Waals surface area contributed by atoms with Gasteiger partial charge in [0, 0.05) is 23.9 Å². The van der Waals surface area contributed by atoms with Crippen LogP contribution in [0.3, 0.4) is 0 Å². The normalized spacial score (nSPS) is 12.2. The molecule has 1 unspecified atom stereocenters. The molecule has 0 spiro atoms. The van der Waals surface area contributed by atoms with Gasteiger partial charge in [-0.1, -0.05) is 26.7 Å². The number of nitrogens with zero attached hydrogens (tertiary/aromatic N) is 1. The molecule has 0 fully saturated rings. The van der Waals surface area contributed by atoms with Gasteiger partial charge in [-0.15, -0.1) is 0 Å². The average molecular weight is 280 g/mol. The van der Waals surface area contributed by atoms with Gasteiger partial charge in [0.25, 0.3) is 0 Å². The summed E-state index contributed by atoms with van der Waals surface area (Å²) in [6, 6.07) is 5.21. The number of anilines is 1. The quantitative estimate of drug-likeness (QED) is 0.571. The summed E-state index contributed by atoms with van der Waals surface area (Å²) in [5.41, 5.74) is 0.843. The molecule has 5 heteroatoms. The molecule has 1 aromatic carbocycles. The number of methoxy groups -OCH3 is 1. The Morgan fingerprint density at radius 2 is 2.00 bits per heavy atom. The van der Waals surface area contributed by atoms with Crippen LogP contribution >= 0.6 is 0 Å². The van der Waals surface area contributed by atoms with E-state index in [0.717, 1.165) is 18.0 Å². The lowest BCUT2D eigenvalue weighted by Gasteiger charge is -2.16. The fourth-order valence-corrected chi connectivity index (χ4v) is 2.11. The van der Waals surface area contributed by atoms with Gasteiger partial charge in [-0.05, 0) is 25.3 Å². The van der Waals surface area contributed by atoms with E-state index < -0.39 is 4.92 Å². The molecule has 0 saturated carbocycles. The van der Waals surface area contributed by atoms with E-state index in [2.05, 4.69) is 26.1 Å². The Morgan fingerprint density at radius 1 is 1.30 bits per heavy atom. The summed E-state index contributed by atoms with van der Waals surface area (Å²) >= 11 is 0. The molecule has 1 rings (SSSR count). The van der Waals surface area contributed by atoms with E-state index >= 15 is 0 Å². The van der Waals surface area contributed by atoms with Gasteiger partial charge in [0.1, 0.15) is 0 Å². The van der Waals surface area contributed by atoms with Gasteiger partial charge in [0.05, 0.1) is 12.0 Å². The second kappa shape index (κ2) is 7.72. The molecule has 0 saturated heterocycles. The van der Waals surface area contributed by atoms with Crippen molar-refractivity contribution in [2.75, 3.05) is 12.4 Å². The van der Waals surface area contributed by atoms with Gasteiger partial charge >= 0.3 is 5.69 Å². The lowest BCUT2D eigenvalue weighted by molar-refractivity contribution is -0.385. The first-order valence-corrected chi connectivity index (χ1v) is 7.03. The number of ether oxygens (including phenoxy) is 1. The van der Waals surface area contributed by atoms with E-state index in [1.807, 2.05) is 0 Å². The minimum atomic E-state index is -0.436. The zero-order valence-corrected chi connectivity index (χ0v) is 12.7. The Bertz CT molecular complexity index is 447. The van der Waals surface area contributed by atoms with Crippen LogP contribution in [0.2, 0.25) is 0 Å². The third-order valence-electron chi connectivity index (χ3n) is 3.21. The molecule has 0 heterocycles. The first-order valence-electron chi connectivity index (χ1n) is 7.03. The minimum absolute atomic E-state index is 0.00879. The summed E-state index contributed by atoms with van der Waals surface area (Å²) in [4.78, 5) is 10.4. The van der Waals surface area contributed by atoms with Gasteiger partial charge in [-0.25, -0.2) is 0 Å². The molecule has 0 radical (unpaired) electrons. The fraction of sp³-hybridized carbons (Fsp3) is 0.600. The molecule has 20 heavy (non-hydrogen) atoms. The predicted molar refractivity (Wildman–Crippen MR) is 81.4 cm³/mol. The maximum absolute atomic E-state index is 10.8. The van der Waals surface area contributed by atoms with E-state index in [0.29, 0.717) is 6.04 Å². The van der Waals surface area contributed by atoms with Crippen LogP contribution in [0.4, 0.5) is 11.4 Å². The van der Waals surface area contributed by atoms with Crippen LogP contribution in [0.1, 0.15) is 40.0 Å². The van der Waals surface area contributed by atoms with Gasteiger partial charge in [-0.3, -0.25) is 10.1 Å². The molecular weight excluding hydrogens is 256 g/mol. The van der Waals surface area contributed by atoms with E-state index in [9.17, 15) is 10.1 Å². The lowest BCUT2D eigenvalue weighted by Crippen LogP contribution is -2.15. The Kier molecular flexibility index (Phi) is 6.28. The summed E-state index contributed by atoms with van der Waals surface area (Å²) in [6.45, 7) is 6.56. The minimum Gasteiger partial charge on any atom is -0.490 e. The van der Waals surface area contributed by atoms with Crippen molar-refractivity contribution >= 4 is 11.4 Å². The molecule has 112 valence electrons. The van der Waals surface area contributed by atoms with Crippen molar-refractivity contribution < 1.29 is 9.66 Å². The van der Waals surface area contributed by atoms with Gasteiger partial charge in [0.15, 0.2) is 5.75 Å². The van der Waals surface area contributed by atoms with Crippen LogP contribution < -0.4 is 10.1 Å². The van der Waals surface area contributed by atoms with Crippen LogP contribution in [0, 0.1) is 16.0 Å². The SMILES string of the molecule is COc1cc(NC(C)CCCC(C)C)ccc1[N+](=O)[O-]. The highest BCUT2D eigenvalue weighted by atomic mass is 16.6. The summed E-state index contributed by atoms with van der Waals surface area (Å²) in [5, 5.41) is 14.2. The Labute approximate surface area is 120 Å². The highest BCUT2D eigenvalue weighted by molar-refractivity contribution is 5.58. The van der Waals surface area contributed by atoms with Crippen molar-refractivity contribution in [1.29, 1.82) is 0 Å². The zero-order chi connectivity index (χ0) is 15.1. The Balaban J connectivity index is 2.61. The summed E-state index contributed by atoms with van der Waals surface area (Å²) < 4.78 is 5.06. The molecule has 0 aromatic heterocycles. The number of benzene rings is 1. The van der Waals surface area contributed by atoms with Crippen molar-refractivity contribution in [2.45, 2.75) is 46.1 Å². The number of nitro groups is 1. The van der Waals surface area contributed by atoms with Crippen molar-refractivity contribution in [1.82, 2.24) is 0 Å². The highest BCUT2D eigenvalue weighted by Crippen LogP contribution is 2.30. The van der Waals surface area contributed by atoms with Gasteiger partial charge in [0.2, 0.25) is 0 Å². The molecule has 0 bridgehead atoms. The summed E-state index contributed by atoms with van der Waals surface area (Å²) in [7, 11) is 1.44. The summed E-state index contributed by atoms with van der Waals surface area (Å²) in [5.74, 6) is 1.01. The number of hydrogen-bond donors (Lipinski definition) is 1. The zero-order valence-electron chi connectivity index (χ0n) is 12.7. The van der Waals surface area contributed by atoms with Crippen LogP contribution in [-0.4, -0.2) is 18.1 Å². The first kappa shape index (κ1) is 16.3.